The molecule has 8 atom stereocenters. The van der Waals surface area contributed by atoms with Gasteiger partial charge in [-0.2, -0.15) is 0 Å². The van der Waals surface area contributed by atoms with Gasteiger partial charge in [-0.15, -0.1) is 0 Å². The highest BCUT2D eigenvalue weighted by Crippen LogP contribution is 2.56. The zero-order valence-electron chi connectivity index (χ0n) is 25.2. The lowest BCUT2D eigenvalue weighted by Gasteiger charge is -2.40. The van der Waals surface area contributed by atoms with Gasteiger partial charge in [0.1, 0.15) is 23.7 Å². The summed E-state index contributed by atoms with van der Waals surface area (Å²) in [4.78, 5) is 58.9. The Morgan fingerprint density at radius 2 is 1.86 bits per heavy atom. The highest BCUT2D eigenvalue weighted by atomic mass is 16.6. The smallest absolute Gasteiger partial charge is 0.313 e. The summed E-state index contributed by atoms with van der Waals surface area (Å²) in [5.41, 5.74) is -0.647. The lowest BCUT2D eigenvalue weighted by molar-refractivity contribution is -0.160. The number of carbonyl (C=O) groups excluding carboxylic acids is 4. The standard InChI is InChI=1S/C33H43N3O7/c1-4-12-21(3)35-18-11-7-10-15-26(38)34-19-25(22-13-8-6-9-14-22)42-32(41)27-24-16-17-33(43-24)28(27)30(39)36(23(5-2)20-37)29(33)31(35)40/h6-9,11,13-14,16-17,21,23-25,27-29,37H,4-5,10,12,15,18-20H2,1-3H3,(H,34,38)/b11-7-/t21?,23-,24-,25-,27+,28+,29-,33+/m0/s1. The zero-order valence-corrected chi connectivity index (χ0v) is 25.2. The van der Waals surface area contributed by atoms with E-state index in [9.17, 15) is 24.3 Å². The minimum atomic E-state index is -1.36. The van der Waals surface area contributed by atoms with E-state index in [2.05, 4.69) is 12.2 Å². The van der Waals surface area contributed by atoms with Gasteiger partial charge >= 0.3 is 5.97 Å². The molecule has 5 rings (SSSR count). The van der Waals surface area contributed by atoms with Crippen LogP contribution in [0.1, 0.15) is 64.5 Å². The monoisotopic (exact) mass is 593 g/mol. The summed E-state index contributed by atoms with van der Waals surface area (Å²) >= 11 is 0. The molecule has 0 aliphatic carbocycles. The Labute approximate surface area is 253 Å². The number of rotatable bonds is 7. The van der Waals surface area contributed by atoms with E-state index in [1.165, 1.54) is 4.90 Å². The summed E-state index contributed by atoms with van der Waals surface area (Å²) in [6, 6.07) is 7.36. The molecule has 4 aliphatic rings. The fraction of sp³-hybridized carbons (Fsp3) is 0.576. The molecule has 3 amide bonds. The fourth-order valence-corrected chi connectivity index (χ4v) is 7.11. The maximum Gasteiger partial charge on any atom is 0.313 e. The largest absolute Gasteiger partial charge is 0.455 e. The zero-order chi connectivity index (χ0) is 30.7. The first-order valence-electron chi connectivity index (χ1n) is 15.5. The lowest BCUT2D eigenvalue weighted by atomic mass is 9.74. The van der Waals surface area contributed by atoms with Gasteiger partial charge in [0, 0.05) is 19.0 Å². The van der Waals surface area contributed by atoms with Crippen LogP contribution < -0.4 is 5.32 Å². The number of likely N-dealkylation sites (tertiary alicyclic amines) is 1. The van der Waals surface area contributed by atoms with Crippen molar-refractivity contribution in [2.45, 2.75) is 88.8 Å². The maximum absolute atomic E-state index is 14.6. The predicted octanol–water partition coefficient (Wildman–Crippen LogP) is 2.68. The van der Waals surface area contributed by atoms with E-state index >= 15 is 0 Å². The van der Waals surface area contributed by atoms with E-state index in [0.29, 0.717) is 24.9 Å². The minimum absolute atomic E-state index is 0.0775. The van der Waals surface area contributed by atoms with Crippen LogP contribution in [0.5, 0.6) is 0 Å². The van der Waals surface area contributed by atoms with Crippen molar-refractivity contribution in [3.63, 3.8) is 0 Å². The molecule has 4 heterocycles. The molecule has 232 valence electrons. The van der Waals surface area contributed by atoms with E-state index in [4.69, 9.17) is 9.47 Å². The molecular formula is C33H43N3O7. The molecule has 1 unspecified atom stereocenters. The van der Waals surface area contributed by atoms with Crippen molar-refractivity contribution in [2.75, 3.05) is 19.7 Å². The van der Waals surface area contributed by atoms with Crippen LogP contribution in [0, 0.1) is 11.8 Å². The molecule has 43 heavy (non-hydrogen) atoms. The molecule has 2 N–H and O–H groups in total. The number of nitrogens with one attached hydrogen (secondary N) is 1. The molecule has 1 spiro atoms. The summed E-state index contributed by atoms with van der Waals surface area (Å²) in [7, 11) is 0. The van der Waals surface area contributed by atoms with Crippen LogP contribution in [0.4, 0.5) is 0 Å². The Morgan fingerprint density at radius 3 is 2.56 bits per heavy atom. The van der Waals surface area contributed by atoms with Crippen molar-refractivity contribution in [3.8, 4) is 0 Å². The average Bonchev–Trinajstić information content (AvgIpc) is 3.65. The topological polar surface area (TPSA) is 125 Å². The third kappa shape index (κ3) is 5.62. The SMILES string of the molecule is CCCC(C)N1C/C=C\CCC(=O)NC[C@@H](c2ccccc2)OC(=O)[C@@H]2[C@@H]3C=C[C@]4(O3)[C@H](C1=O)N([C@@H](CC)CO)C(=O)[C@@H]24. The van der Waals surface area contributed by atoms with Crippen LogP contribution in [0.2, 0.25) is 0 Å². The van der Waals surface area contributed by atoms with Crippen LogP contribution in [0.15, 0.2) is 54.6 Å². The number of allylic oxidation sites excluding steroid dienone is 1. The normalized spacial score (nSPS) is 33.3. The summed E-state index contributed by atoms with van der Waals surface area (Å²) in [6.45, 7) is 5.95. The van der Waals surface area contributed by atoms with Crippen LogP contribution in [-0.4, -0.2) is 88.1 Å². The van der Waals surface area contributed by atoms with E-state index in [1.807, 2.05) is 56.3 Å². The maximum atomic E-state index is 14.6. The predicted molar refractivity (Wildman–Crippen MR) is 158 cm³/mol. The molecule has 10 nitrogen and oxygen atoms in total. The number of cyclic esters (lactones) is 1. The Bertz CT molecular complexity index is 1260. The summed E-state index contributed by atoms with van der Waals surface area (Å²) < 4.78 is 12.5. The number of amides is 3. The molecule has 2 fully saturated rings. The van der Waals surface area contributed by atoms with Gasteiger partial charge in [0.25, 0.3) is 0 Å². The number of fused-ring (bicyclic) bond motifs is 2. The van der Waals surface area contributed by atoms with Crippen LogP contribution >= 0.6 is 0 Å². The third-order valence-electron chi connectivity index (χ3n) is 9.34. The van der Waals surface area contributed by atoms with Crippen molar-refractivity contribution in [3.05, 3.63) is 60.2 Å². The van der Waals surface area contributed by atoms with Gasteiger partial charge in [-0.3, -0.25) is 19.2 Å². The van der Waals surface area contributed by atoms with E-state index in [1.54, 1.807) is 17.1 Å². The number of carbonyl (C=O) groups is 4. The number of aliphatic hydroxyl groups is 1. The average molecular weight is 594 g/mol. The van der Waals surface area contributed by atoms with Crippen molar-refractivity contribution < 1.29 is 33.8 Å². The van der Waals surface area contributed by atoms with E-state index in [0.717, 1.165) is 12.8 Å². The first kappa shape index (κ1) is 30.9. The van der Waals surface area contributed by atoms with Gasteiger partial charge in [-0.05, 0) is 31.7 Å². The molecule has 0 saturated carbocycles. The molecule has 5 bridgehead atoms. The number of benzene rings is 1. The van der Waals surface area contributed by atoms with Gasteiger partial charge in [-0.1, -0.05) is 74.9 Å². The van der Waals surface area contributed by atoms with Crippen molar-refractivity contribution in [1.82, 2.24) is 15.1 Å². The second-order valence-corrected chi connectivity index (χ2v) is 12.0. The number of aliphatic hydroxyl groups excluding tert-OH is 1. The number of esters is 1. The Balaban J connectivity index is 1.59. The molecule has 4 aliphatic heterocycles. The second kappa shape index (κ2) is 13.0. The number of hydrogen-bond donors (Lipinski definition) is 2. The molecular weight excluding hydrogens is 550 g/mol. The summed E-state index contributed by atoms with van der Waals surface area (Å²) in [5.74, 6) is -3.43. The van der Waals surface area contributed by atoms with Crippen LogP contribution in [-0.2, 0) is 28.7 Å². The highest BCUT2D eigenvalue weighted by molar-refractivity contribution is 5.99. The molecule has 0 aromatic heterocycles. The molecule has 1 aromatic rings. The van der Waals surface area contributed by atoms with E-state index < -0.39 is 53.6 Å². The second-order valence-electron chi connectivity index (χ2n) is 12.0. The number of ether oxygens (including phenoxy) is 2. The first-order valence-corrected chi connectivity index (χ1v) is 15.5. The number of nitrogens with zero attached hydrogens (tertiary/aromatic N) is 2. The molecule has 10 heteroatoms. The summed E-state index contributed by atoms with van der Waals surface area (Å²) in [5, 5.41) is 13.2. The number of hydrogen-bond acceptors (Lipinski definition) is 7. The molecule has 2 saturated heterocycles. The Kier molecular flexibility index (Phi) is 9.36. The Morgan fingerprint density at radius 1 is 1.09 bits per heavy atom. The Hall–Kier alpha value is -3.50. The highest BCUT2D eigenvalue weighted by Gasteiger charge is 2.74. The van der Waals surface area contributed by atoms with Gasteiger partial charge in [0.05, 0.1) is 31.2 Å². The van der Waals surface area contributed by atoms with E-state index in [-0.39, 0.29) is 37.4 Å². The minimum Gasteiger partial charge on any atom is -0.455 e. The van der Waals surface area contributed by atoms with Gasteiger partial charge in [0.15, 0.2) is 0 Å². The van der Waals surface area contributed by atoms with Crippen molar-refractivity contribution >= 4 is 23.7 Å². The van der Waals surface area contributed by atoms with Gasteiger partial charge in [-0.25, -0.2) is 0 Å². The molecule has 1 aromatic carbocycles. The van der Waals surface area contributed by atoms with Gasteiger partial charge in [0.2, 0.25) is 17.7 Å². The van der Waals surface area contributed by atoms with Crippen LogP contribution in [0.3, 0.4) is 0 Å². The summed E-state index contributed by atoms with van der Waals surface area (Å²) in [6.07, 6.45) is 8.56. The quantitative estimate of drug-likeness (QED) is 0.368. The van der Waals surface area contributed by atoms with Crippen LogP contribution in [0.25, 0.3) is 0 Å². The lowest BCUT2D eigenvalue weighted by Crippen LogP contribution is -2.59. The molecule has 0 radical (unpaired) electrons. The van der Waals surface area contributed by atoms with Gasteiger partial charge < -0.3 is 29.7 Å². The first-order chi connectivity index (χ1) is 20.8. The fourth-order valence-electron chi connectivity index (χ4n) is 7.11. The third-order valence-corrected chi connectivity index (χ3v) is 9.34. The van der Waals surface area contributed by atoms with Crippen molar-refractivity contribution in [2.24, 2.45) is 11.8 Å². The van der Waals surface area contributed by atoms with Crippen molar-refractivity contribution in [1.29, 1.82) is 0 Å².